The molecular formula is C18H30O. The van der Waals surface area contributed by atoms with Crippen LogP contribution in [0, 0.1) is 29.1 Å². The van der Waals surface area contributed by atoms with Gasteiger partial charge in [0, 0.05) is 6.42 Å². The fourth-order valence-corrected chi connectivity index (χ4v) is 5.05. The lowest BCUT2D eigenvalue weighted by molar-refractivity contribution is -0.132. The van der Waals surface area contributed by atoms with Gasteiger partial charge >= 0.3 is 0 Å². The fourth-order valence-electron chi connectivity index (χ4n) is 5.05. The Kier molecular flexibility index (Phi) is 4.23. The van der Waals surface area contributed by atoms with Crippen LogP contribution < -0.4 is 0 Å². The molecular weight excluding hydrogens is 232 g/mol. The molecule has 4 rings (SSSR count). The van der Waals surface area contributed by atoms with Crippen molar-refractivity contribution in [1.29, 1.82) is 0 Å². The van der Waals surface area contributed by atoms with Crippen molar-refractivity contribution in [2.45, 2.75) is 66.2 Å². The molecule has 1 nitrogen and oxygen atoms in total. The maximum Gasteiger partial charge on any atom is 0.158 e. The molecule has 4 aliphatic rings. The van der Waals surface area contributed by atoms with E-state index in [1.165, 1.54) is 32.1 Å². The standard InChI is InChI=1S/C16H24O.C2H6/c1-10(2)15(17)9-16(3)13-5-11-4-12(7-13)8-14(16)6-11;1-2/h11-14H,1,4-9H2,2-3H3;1-2H3. The second-order valence-corrected chi connectivity index (χ2v) is 7.19. The molecule has 4 bridgehead atoms. The van der Waals surface area contributed by atoms with Gasteiger partial charge in [-0.15, -0.1) is 0 Å². The Bertz CT molecular complexity index is 338. The molecule has 0 aliphatic heterocycles. The molecule has 0 aromatic carbocycles. The molecule has 0 unspecified atom stereocenters. The van der Waals surface area contributed by atoms with E-state index in [0.717, 1.165) is 35.7 Å². The summed E-state index contributed by atoms with van der Waals surface area (Å²) >= 11 is 0. The van der Waals surface area contributed by atoms with Crippen LogP contribution >= 0.6 is 0 Å². The molecule has 0 aromatic rings. The Morgan fingerprint density at radius 1 is 1.05 bits per heavy atom. The molecule has 0 saturated heterocycles. The van der Waals surface area contributed by atoms with Crippen molar-refractivity contribution in [3.8, 4) is 0 Å². The summed E-state index contributed by atoms with van der Waals surface area (Å²) in [7, 11) is 0. The lowest BCUT2D eigenvalue weighted by atomic mass is 9.45. The van der Waals surface area contributed by atoms with Crippen LogP contribution in [0.15, 0.2) is 12.2 Å². The molecule has 0 radical (unpaired) electrons. The smallest absolute Gasteiger partial charge is 0.158 e. The minimum atomic E-state index is 0.295. The molecule has 0 aromatic heterocycles. The molecule has 4 aliphatic carbocycles. The van der Waals surface area contributed by atoms with Gasteiger partial charge in [0.05, 0.1) is 0 Å². The predicted molar refractivity (Wildman–Crippen MR) is 80.9 cm³/mol. The van der Waals surface area contributed by atoms with E-state index in [1.54, 1.807) is 0 Å². The minimum absolute atomic E-state index is 0.295. The summed E-state index contributed by atoms with van der Waals surface area (Å²) in [6.07, 6.45) is 7.83. The third-order valence-corrected chi connectivity index (χ3v) is 6.02. The Morgan fingerprint density at radius 2 is 1.47 bits per heavy atom. The number of hydrogen-bond acceptors (Lipinski definition) is 1. The van der Waals surface area contributed by atoms with Gasteiger partial charge in [-0.3, -0.25) is 4.79 Å². The second-order valence-electron chi connectivity index (χ2n) is 7.19. The highest BCUT2D eigenvalue weighted by molar-refractivity contribution is 5.94. The molecule has 0 spiro atoms. The van der Waals surface area contributed by atoms with Crippen molar-refractivity contribution in [2.24, 2.45) is 29.1 Å². The highest BCUT2D eigenvalue weighted by atomic mass is 16.1. The fraction of sp³-hybridized carbons (Fsp3) is 0.833. The van der Waals surface area contributed by atoms with Gasteiger partial charge in [-0.2, -0.15) is 0 Å². The Hall–Kier alpha value is -0.590. The first kappa shape index (κ1) is 14.8. The van der Waals surface area contributed by atoms with Crippen molar-refractivity contribution in [3.05, 3.63) is 12.2 Å². The zero-order valence-electron chi connectivity index (χ0n) is 13.2. The summed E-state index contributed by atoms with van der Waals surface area (Å²) < 4.78 is 0. The van der Waals surface area contributed by atoms with Crippen molar-refractivity contribution in [1.82, 2.24) is 0 Å². The van der Waals surface area contributed by atoms with E-state index in [4.69, 9.17) is 0 Å². The van der Waals surface area contributed by atoms with Crippen LogP contribution in [0.3, 0.4) is 0 Å². The Balaban J connectivity index is 0.000000637. The summed E-state index contributed by atoms with van der Waals surface area (Å²) in [4.78, 5) is 12.0. The van der Waals surface area contributed by atoms with Gasteiger partial charge in [0.1, 0.15) is 0 Å². The molecule has 0 amide bonds. The zero-order chi connectivity index (χ0) is 14.2. The number of carbonyl (C=O) groups is 1. The van der Waals surface area contributed by atoms with E-state index in [-0.39, 0.29) is 0 Å². The predicted octanol–water partition coefficient (Wildman–Crippen LogP) is 5.01. The number of hydrogen-bond donors (Lipinski definition) is 0. The maximum absolute atomic E-state index is 12.0. The van der Waals surface area contributed by atoms with E-state index in [9.17, 15) is 4.79 Å². The summed E-state index contributed by atoms with van der Waals surface area (Å²) in [6.45, 7) is 12.1. The van der Waals surface area contributed by atoms with Gasteiger partial charge in [0.25, 0.3) is 0 Å². The number of carbonyl (C=O) groups excluding carboxylic acids is 1. The lowest BCUT2D eigenvalue weighted by Crippen LogP contribution is -2.52. The second kappa shape index (κ2) is 5.42. The van der Waals surface area contributed by atoms with Gasteiger partial charge in [0.2, 0.25) is 0 Å². The van der Waals surface area contributed by atoms with Crippen LogP contribution in [0.5, 0.6) is 0 Å². The Labute approximate surface area is 118 Å². The van der Waals surface area contributed by atoms with Crippen LogP contribution in [0.25, 0.3) is 0 Å². The average Bonchev–Trinajstić information content (AvgIpc) is 2.37. The number of ketones is 1. The topological polar surface area (TPSA) is 17.1 Å². The van der Waals surface area contributed by atoms with Crippen LogP contribution in [-0.4, -0.2) is 5.78 Å². The normalized spacial score (nSPS) is 42.5. The first-order chi connectivity index (χ1) is 8.99. The molecule has 1 heteroatoms. The molecule has 0 heterocycles. The van der Waals surface area contributed by atoms with Crippen LogP contribution in [0.1, 0.15) is 66.2 Å². The van der Waals surface area contributed by atoms with E-state index in [0.29, 0.717) is 11.2 Å². The number of rotatable bonds is 3. The van der Waals surface area contributed by atoms with Crippen LogP contribution in [0.2, 0.25) is 0 Å². The first-order valence-electron chi connectivity index (χ1n) is 8.17. The highest BCUT2D eigenvalue weighted by Crippen LogP contribution is 2.63. The van der Waals surface area contributed by atoms with E-state index >= 15 is 0 Å². The SMILES string of the molecule is C=C(C)C(=O)CC1(C)C2CC3CC(C2)CC1C3.CC. The van der Waals surface area contributed by atoms with Gasteiger partial charge < -0.3 is 0 Å². The maximum atomic E-state index is 12.0. The third kappa shape index (κ3) is 2.53. The van der Waals surface area contributed by atoms with Crippen molar-refractivity contribution < 1.29 is 4.79 Å². The number of allylic oxidation sites excluding steroid dienone is 1. The minimum Gasteiger partial charge on any atom is -0.295 e. The quantitative estimate of drug-likeness (QED) is 0.653. The molecule has 4 saturated carbocycles. The molecule has 19 heavy (non-hydrogen) atoms. The van der Waals surface area contributed by atoms with Crippen LogP contribution in [-0.2, 0) is 4.79 Å². The molecule has 108 valence electrons. The van der Waals surface area contributed by atoms with Crippen molar-refractivity contribution >= 4 is 5.78 Å². The van der Waals surface area contributed by atoms with Crippen molar-refractivity contribution in [2.75, 3.05) is 0 Å². The monoisotopic (exact) mass is 262 g/mol. The summed E-state index contributed by atoms with van der Waals surface area (Å²) in [5, 5.41) is 0. The van der Waals surface area contributed by atoms with Crippen LogP contribution in [0.4, 0.5) is 0 Å². The average molecular weight is 262 g/mol. The van der Waals surface area contributed by atoms with Gasteiger partial charge in [-0.05, 0) is 73.7 Å². The van der Waals surface area contributed by atoms with Gasteiger partial charge in [-0.25, -0.2) is 0 Å². The molecule has 0 atom stereocenters. The summed E-state index contributed by atoms with van der Waals surface area (Å²) in [5.41, 5.74) is 1.05. The third-order valence-electron chi connectivity index (χ3n) is 6.02. The highest BCUT2D eigenvalue weighted by Gasteiger charge is 2.54. The summed E-state index contributed by atoms with van der Waals surface area (Å²) in [5.74, 6) is 3.93. The largest absolute Gasteiger partial charge is 0.295 e. The van der Waals surface area contributed by atoms with Gasteiger partial charge in [-0.1, -0.05) is 27.4 Å². The zero-order valence-corrected chi connectivity index (χ0v) is 13.2. The summed E-state index contributed by atoms with van der Waals surface area (Å²) in [6, 6.07) is 0. The van der Waals surface area contributed by atoms with Gasteiger partial charge in [0.15, 0.2) is 5.78 Å². The van der Waals surface area contributed by atoms with Crippen molar-refractivity contribution in [3.63, 3.8) is 0 Å². The molecule has 4 fully saturated rings. The van der Waals surface area contributed by atoms with E-state index in [2.05, 4.69) is 13.5 Å². The first-order valence-corrected chi connectivity index (χ1v) is 8.17. The lowest BCUT2D eigenvalue weighted by Gasteiger charge is -2.60. The molecule has 0 N–H and O–H groups in total. The number of Topliss-reactive ketones (excluding diaryl/α,β-unsaturated/α-hetero) is 1. The Morgan fingerprint density at radius 3 is 1.84 bits per heavy atom. The van der Waals surface area contributed by atoms with E-state index < -0.39 is 0 Å². The van der Waals surface area contributed by atoms with E-state index in [1.807, 2.05) is 20.8 Å².